The third-order valence-electron chi connectivity index (χ3n) is 3.64. The van der Waals surface area contributed by atoms with Crippen molar-refractivity contribution < 1.29 is 9.53 Å². The number of carbonyl (C=O) groups is 1. The van der Waals surface area contributed by atoms with Crippen LogP contribution in [-0.4, -0.2) is 31.2 Å². The first kappa shape index (κ1) is 17.9. The van der Waals surface area contributed by atoms with Crippen LogP contribution in [0, 0.1) is 0 Å². The van der Waals surface area contributed by atoms with Gasteiger partial charge in [0.2, 0.25) is 0 Å². The van der Waals surface area contributed by atoms with Crippen LogP contribution in [0.4, 0.5) is 11.4 Å². The fraction of sp³-hybridized carbons (Fsp3) is 0.368. The third kappa shape index (κ3) is 5.06. The van der Waals surface area contributed by atoms with Crippen molar-refractivity contribution in [3.8, 4) is 0 Å². The van der Waals surface area contributed by atoms with Gasteiger partial charge in [0.1, 0.15) is 5.69 Å². The summed E-state index contributed by atoms with van der Waals surface area (Å²) in [4.78, 5) is 16.5. The molecule has 1 aromatic heterocycles. The molecule has 0 fully saturated rings. The van der Waals surface area contributed by atoms with Crippen molar-refractivity contribution >= 4 is 17.3 Å². The van der Waals surface area contributed by atoms with Gasteiger partial charge in [-0.1, -0.05) is 32.9 Å². The molecule has 0 aliphatic heterocycles. The molecule has 1 amide bonds. The predicted molar refractivity (Wildman–Crippen MR) is 97.7 cm³/mol. The number of ether oxygens (including phenoxy) is 1. The largest absolute Gasteiger partial charge is 0.383 e. The van der Waals surface area contributed by atoms with E-state index in [2.05, 4.69) is 36.4 Å². The van der Waals surface area contributed by atoms with E-state index < -0.39 is 0 Å². The van der Waals surface area contributed by atoms with E-state index in [0.717, 1.165) is 11.4 Å². The molecule has 2 rings (SSSR count). The number of carbonyl (C=O) groups excluding carboxylic acids is 1. The number of benzene rings is 1. The van der Waals surface area contributed by atoms with Crippen molar-refractivity contribution in [1.29, 1.82) is 0 Å². The average molecular weight is 327 g/mol. The molecule has 1 aromatic carbocycles. The van der Waals surface area contributed by atoms with Gasteiger partial charge >= 0.3 is 0 Å². The highest BCUT2D eigenvalue weighted by molar-refractivity contribution is 6.03. The van der Waals surface area contributed by atoms with Crippen molar-refractivity contribution in [3.05, 3.63) is 53.9 Å². The second-order valence-corrected chi connectivity index (χ2v) is 6.63. The molecular weight excluding hydrogens is 302 g/mol. The van der Waals surface area contributed by atoms with Gasteiger partial charge in [0.25, 0.3) is 5.91 Å². The van der Waals surface area contributed by atoms with Gasteiger partial charge in [-0.15, -0.1) is 0 Å². The van der Waals surface area contributed by atoms with Gasteiger partial charge in [0, 0.05) is 31.2 Å². The third-order valence-corrected chi connectivity index (χ3v) is 3.64. The molecule has 0 radical (unpaired) electrons. The zero-order valence-corrected chi connectivity index (χ0v) is 14.7. The number of nitrogens with zero attached hydrogens (tertiary/aromatic N) is 1. The second-order valence-electron chi connectivity index (χ2n) is 6.63. The van der Waals surface area contributed by atoms with E-state index in [1.54, 1.807) is 19.4 Å². The van der Waals surface area contributed by atoms with E-state index >= 15 is 0 Å². The van der Waals surface area contributed by atoms with E-state index in [0.29, 0.717) is 18.8 Å². The zero-order valence-electron chi connectivity index (χ0n) is 14.7. The molecule has 2 aromatic rings. The van der Waals surface area contributed by atoms with Gasteiger partial charge in [0.15, 0.2) is 0 Å². The van der Waals surface area contributed by atoms with Crippen molar-refractivity contribution in [1.82, 2.24) is 4.98 Å². The Balaban J connectivity index is 2.03. The van der Waals surface area contributed by atoms with Gasteiger partial charge in [-0.2, -0.15) is 0 Å². The lowest BCUT2D eigenvalue weighted by atomic mass is 9.87. The first-order valence-electron chi connectivity index (χ1n) is 8.01. The van der Waals surface area contributed by atoms with Crippen LogP contribution in [0.2, 0.25) is 0 Å². The Bertz CT molecular complexity index is 676. The minimum Gasteiger partial charge on any atom is -0.383 e. The Labute approximate surface area is 143 Å². The molecule has 5 nitrogen and oxygen atoms in total. The highest BCUT2D eigenvalue weighted by Gasteiger charge is 2.14. The maximum atomic E-state index is 12.4. The summed E-state index contributed by atoms with van der Waals surface area (Å²) in [5, 5.41) is 6.06. The lowest BCUT2D eigenvalue weighted by molar-refractivity contribution is 0.102. The number of nitrogens with one attached hydrogen (secondary N) is 2. The number of anilines is 2. The molecule has 0 aliphatic rings. The number of hydrogen-bond donors (Lipinski definition) is 2. The number of hydrogen-bond acceptors (Lipinski definition) is 4. The molecule has 0 bridgehead atoms. The van der Waals surface area contributed by atoms with Gasteiger partial charge in [-0.25, -0.2) is 0 Å². The van der Waals surface area contributed by atoms with Gasteiger partial charge < -0.3 is 15.4 Å². The molecule has 1 heterocycles. The van der Waals surface area contributed by atoms with Crippen LogP contribution in [0.3, 0.4) is 0 Å². The van der Waals surface area contributed by atoms with Gasteiger partial charge in [0.05, 0.1) is 6.61 Å². The summed E-state index contributed by atoms with van der Waals surface area (Å²) in [6.07, 6.45) is 1.62. The van der Waals surface area contributed by atoms with Crippen molar-refractivity contribution in [2.24, 2.45) is 0 Å². The standard InChI is InChI=1S/C19H25N3O2/c1-19(2,3)14-5-7-15(8-6-14)22-18(23)17-13-16(9-10-21-17)20-11-12-24-4/h5-10,13H,11-12H2,1-4H3,(H,20,21)(H,22,23). The van der Waals surface area contributed by atoms with Crippen LogP contribution >= 0.6 is 0 Å². The minimum absolute atomic E-state index is 0.0896. The molecule has 24 heavy (non-hydrogen) atoms. The first-order chi connectivity index (χ1) is 11.4. The summed E-state index contributed by atoms with van der Waals surface area (Å²) in [6.45, 7) is 7.76. The first-order valence-corrected chi connectivity index (χ1v) is 8.01. The lowest BCUT2D eigenvalue weighted by Crippen LogP contribution is -2.15. The maximum absolute atomic E-state index is 12.4. The van der Waals surface area contributed by atoms with Crippen LogP contribution in [-0.2, 0) is 10.2 Å². The van der Waals surface area contributed by atoms with Crippen molar-refractivity contribution in [3.63, 3.8) is 0 Å². The summed E-state index contributed by atoms with van der Waals surface area (Å²) >= 11 is 0. The van der Waals surface area contributed by atoms with Crippen LogP contribution in [0.15, 0.2) is 42.6 Å². The van der Waals surface area contributed by atoms with Crippen LogP contribution in [0.1, 0.15) is 36.8 Å². The molecule has 0 atom stereocenters. The smallest absolute Gasteiger partial charge is 0.274 e. The fourth-order valence-electron chi connectivity index (χ4n) is 2.21. The highest BCUT2D eigenvalue weighted by Crippen LogP contribution is 2.23. The predicted octanol–water partition coefficient (Wildman–Crippen LogP) is 3.69. The molecule has 0 spiro atoms. The number of aromatic nitrogens is 1. The average Bonchev–Trinajstić information content (AvgIpc) is 2.55. The summed E-state index contributed by atoms with van der Waals surface area (Å²) in [7, 11) is 1.65. The second kappa shape index (κ2) is 7.93. The molecule has 2 N–H and O–H groups in total. The highest BCUT2D eigenvalue weighted by atomic mass is 16.5. The summed E-state index contributed by atoms with van der Waals surface area (Å²) in [6, 6.07) is 11.5. The van der Waals surface area contributed by atoms with E-state index in [4.69, 9.17) is 4.74 Å². The summed E-state index contributed by atoms with van der Waals surface area (Å²) < 4.78 is 5.00. The Hall–Kier alpha value is -2.40. The van der Waals surface area contributed by atoms with Gasteiger partial charge in [-0.05, 0) is 35.2 Å². The van der Waals surface area contributed by atoms with Crippen molar-refractivity contribution in [2.45, 2.75) is 26.2 Å². The Morgan fingerprint density at radius 2 is 1.83 bits per heavy atom. The maximum Gasteiger partial charge on any atom is 0.274 e. The van der Waals surface area contributed by atoms with E-state index in [1.807, 2.05) is 30.3 Å². The topological polar surface area (TPSA) is 63.2 Å². The normalized spacial score (nSPS) is 11.2. The van der Waals surface area contributed by atoms with Crippen molar-refractivity contribution in [2.75, 3.05) is 30.9 Å². The Morgan fingerprint density at radius 1 is 1.12 bits per heavy atom. The van der Waals surface area contributed by atoms with Gasteiger partial charge in [-0.3, -0.25) is 9.78 Å². The number of pyridine rings is 1. The number of amides is 1. The molecule has 0 saturated heterocycles. The Kier molecular flexibility index (Phi) is 5.93. The Morgan fingerprint density at radius 3 is 2.46 bits per heavy atom. The molecule has 0 unspecified atom stereocenters. The zero-order chi connectivity index (χ0) is 17.6. The summed E-state index contributed by atoms with van der Waals surface area (Å²) in [5.41, 5.74) is 3.29. The molecule has 0 saturated carbocycles. The molecule has 5 heteroatoms. The molecule has 0 aliphatic carbocycles. The number of methoxy groups -OCH3 is 1. The summed E-state index contributed by atoms with van der Waals surface area (Å²) in [5.74, 6) is -0.228. The van der Waals surface area contributed by atoms with Crippen LogP contribution < -0.4 is 10.6 Å². The van der Waals surface area contributed by atoms with E-state index in [9.17, 15) is 4.79 Å². The van der Waals surface area contributed by atoms with E-state index in [1.165, 1.54) is 5.56 Å². The lowest BCUT2D eigenvalue weighted by Gasteiger charge is -2.19. The quantitative estimate of drug-likeness (QED) is 0.794. The molecular formula is C19H25N3O2. The van der Waals surface area contributed by atoms with Crippen LogP contribution in [0.5, 0.6) is 0 Å². The van der Waals surface area contributed by atoms with E-state index in [-0.39, 0.29) is 11.3 Å². The monoisotopic (exact) mass is 327 g/mol. The minimum atomic E-state index is -0.228. The SMILES string of the molecule is COCCNc1ccnc(C(=O)Nc2ccc(C(C)(C)C)cc2)c1. The molecule has 128 valence electrons. The number of rotatable bonds is 6. The van der Waals surface area contributed by atoms with Crippen LogP contribution in [0.25, 0.3) is 0 Å². The fourth-order valence-corrected chi connectivity index (χ4v) is 2.21.